The molecule has 2 aromatic rings. The molecule has 0 spiro atoms. The molecule has 104 valence electrons. The lowest BCUT2D eigenvalue weighted by atomic mass is 10.2. The predicted octanol–water partition coefficient (Wildman–Crippen LogP) is 1.94. The number of carbonyl (C=O) groups excluding carboxylic acids is 1. The van der Waals surface area contributed by atoms with Crippen LogP contribution in [0.3, 0.4) is 0 Å². The van der Waals surface area contributed by atoms with Crippen LogP contribution in [0.15, 0.2) is 41.0 Å². The van der Waals surface area contributed by atoms with Gasteiger partial charge in [0, 0.05) is 12.1 Å². The van der Waals surface area contributed by atoms with E-state index in [0.717, 1.165) is 18.4 Å². The topological polar surface area (TPSA) is 66.6 Å². The van der Waals surface area contributed by atoms with E-state index in [2.05, 4.69) is 4.98 Å². The number of hydrogen-bond donors (Lipinski definition) is 1. The SMILES string of the molecule is O=C(c1coc(-c2ccccc2)n1)N1CCCC1CO. The minimum atomic E-state index is -0.174. The molecule has 3 rings (SSSR count). The van der Waals surface area contributed by atoms with Crippen LogP contribution >= 0.6 is 0 Å². The van der Waals surface area contributed by atoms with Crippen molar-refractivity contribution in [2.24, 2.45) is 0 Å². The standard InChI is InChI=1S/C15H16N2O3/c18-9-12-7-4-8-17(12)15(19)13-10-20-14(16-13)11-5-2-1-3-6-11/h1-3,5-6,10,12,18H,4,7-9H2. The van der Waals surface area contributed by atoms with Crippen LogP contribution < -0.4 is 0 Å². The summed E-state index contributed by atoms with van der Waals surface area (Å²) in [7, 11) is 0. The maximum atomic E-state index is 12.4. The Labute approximate surface area is 116 Å². The normalized spacial score (nSPS) is 18.4. The number of nitrogens with zero attached hydrogens (tertiary/aromatic N) is 2. The molecule has 1 saturated heterocycles. The van der Waals surface area contributed by atoms with Gasteiger partial charge < -0.3 is 14.4 Å². The number of carbonyl (C=O) groups is 1. The van der Waals surface area contributed by atoms with Crippen LogP contribution in [0.25, 0.3) is 11.5 Å². The summed E-state index contributed by atoms with van der Waals surface area (Å²) in [6, 6.07) is 9.36. The van der Waals surface area contributed by atoms with Crippen molar-refractivity contribution in [3.05, 3.63) is 42.3 Å². The fourth-order valence-electron chi connectivity index (χ4n) is 2.53. The van der Waals surface area contributed by atoms with Gasteiger partial charge >= 0.3 is 0 Å². The average Bonchev–Trinajstić information content (AvgIpc) is 3.16. The van der Waals surface area contributed by atoms with Gasteiger partial charge in [0.25, 0.3) is 5.91 Å². The molecule has 1 N–H and O–H groups in total. The summed E-state index contributed by atoms with van der Waals surface area (Å²) in [4.78, 5) is 18.3. The number of rotatable bonds is 3. The Morgan fingerprint density at radius 2 is 2.20 bits per heavy atom. The molecule has 1 aliphatic heterocycles. The van der Waals surface area contributed by atoms with E-state index in [0.29, 0.717) is 18.1 Å². The number of aromatic nitrogens is 1. The number of amides is 1. The summed E-state index contributed by atoms with van der Waals surface area (Å²) in [5.74, 6) is 0.265. The molecule has 1 unspecified atom stereocenters. The molecule has 5 heteroatoms. The molecule has 1 atom stereocenters. The Kier molecular flexibility index (Phi) is 3.52. The van der Waals surface area contributed by atoms with Gasteiger partial charge in [-0.3, -0.25) is 4.79 Å². The smallest absolute Gasteiger partial charge is 0.276 e. The Hall–Kier alpha value is -2.14. The fourth-order valence-corrected chi connectivity index (χ4v) is 2.53. The molecule has 0 saturated carbocycles. The second-order valence-corrected chi connectivity index (χ2v) is 4.88. The molecule has 0 bridgehead atoms. The van der Waals surface area contributed by atoms with Gasteiger partial charge in [0.1, 0.15) is 6.26 Å². The highest BCUT2D eigenvalue weighted by atomic mass is 16.3. The zero-order valence-corrected chi connectivity index (χ0v) is 11.0. The van der Waals surface area contributed by atoms with E-state index in [1.807, 2.05) is 30.3 Å². The maximum absolute atomic E-state index is 12.4. The van der Waals surface area contributed by atoms with Gasteiger partial charge in [0.15, 0.2) is 5.69 Å². The van der Waals surface area contributed by atoms with Gasteiger partial charge in [-0.2, -0.15) is 0 Å². The molecule has 1 fully saturated rings. The number of likely N-dealkylation sites (tertiary alicyclic amines) is 1. The van der Waals surface area contributed by atoms with Crippen molar-refractivity contribution in [3.8, 4) is 11.5 Å². The highest BCUT2D eigenvalue weighted by Gasteiger charge is 2.30. The first kappa shape index (κ1) is 12.9. The number of benzene rings is 1. The third-order valence-corrected chi connectivity index (χ3v) is 3.59. The second-order valence-electron chi connectivity index (χ2n) is 4.88. The Morgan fingerprint density at radius 1 is 1.40 bits per heavy atom. The number of hydrogen-bond acceptors (Lipinski definition) is 4. The van der Waals surface area contributed by atoms with E-state index in [4.69, 9.17) is 4.42 Å². The minimum absolute atomic E-state index is 0.00483. The predicted molar refractivity (Wildman–Crippen MR) is 73.1 cm³/mol. The lowest BCUT2D eigenvalue weighted by molar-refractivity contribution is 0.0671. The molecule has 20 heavy (non-hydrogen) atoms. The minimum Gasteiger partial charge on any atom is -0.444 e. The van der Waals surface area contributed by atoms with E-state index >= 15 is 0 Å². The molecule has 1 amide bonds. The van der Waals surface area contributed by atoms with Crippen LogP contribution in [-0.2, 0) is 0 Å². The highest BCUT2D eigenvalue weighted by Crippen LogP contribution is 2.22. The average molecular weight is 272 g/mol. The molecular weight excluding hydrogens is 256 g/mol. The third-order valence-electron chi connectivity index (χ3n) is 3.59. The van der Waals surface area contributed by atoms with Gasteiger partial charge in [-0.25, -0.2) is 4.98 Å². The van der Waals surface area contributed by atoms with E-state index in [-0.39, 0.29) is 18.6 Å². The molecule has 1 aromatic heterocycles. The van der Waals surface area contributed by atoms with Crippen LogP contribution in [0, 0.1) is 0 Å². The maximum Gasteiger partial charge on any atom is 0.276 e. The largest absolute Gasteiger partial charge is 0.444 e. The zero-order chi connectivity index (χ0) is 13.9. The third kappa shape index (κ3) is 2.32. The zero-order valence-electron chi connectivity index (χ0n) is 11.0. The van der Waals surface area contributed by atoms with Gasteiger partial charge in [-0.15, -0.1) is 0 Å². The summed E-state index contributed by atoms with van der Waals surface area (Å²) in [6.07, 6.45) is 3.14. The fraction of sp³-hybridized carbons (Fsp3) is 0.333. The quantitative estimate of drug-likeness (QED) is 0.927. The summed E-state index contributed by atoms with van der Waals surface area (Å²) >= 11 is 0. The number of aliphatic hydroxyl groups is 1. The summed E-state index contributed by atoms with van der Waals surface area (Å²) < 4.78 is 5.38. The monoisotopic (exact) mass is 272 g/mol. The van der Waals surface area contributed by atoms with Crippen molar-refractivity contribution in [2.75, 3.05) is 13.2 Å². The molecule has 1 aliphatic rings. The van der Waals surface area contributed by atoms with Gasteiger partial charge in [-0.05, 0) is 25.0 Å². The summed E-state index contributed by atoms with van der Waals surface area (Å²) in [5.41, 5.74) is 1.14. The van der Waals surface area contributed by atoms with Crippen LogP contribution in [0.5, 0.6) is 0 Å². The first-order chi connectivity index (χ1) is 9.79. The van der Waals surface area contributed by atoms with Gasteiger partial charge in [0.05, 0.1) is 12.6 Å². The van der Waals surface area contributed by atoms with Crippen LogP contribution in [0.1, 0.15) is 23.3 Å². The first-order valence-corrected chi connectivity index (χ1v) is 6.72. The molecular formula is C15H16N2O3. The second kappa shape index (κ2) is 5.46. The molecule has 2 heterocycles. The van der Waals surface area contributed by atoms with Crippen molar-refractivity contribution in [1.29, 1.82) is 0 Å². The highest BCUT2D eigenvalue weighted by molar-refractivity contribution is 5.92. The Bertz CT molecular complexity index is 594. The lowest BCUT2D eigenvalue weighted by Gasteiger charge is -2.21. The van der Waals surface area contributed by atoms with Crippen LogP contribution in [0.2, 0.25) is 0 Å². The molecule has 0 aliphatic carbocycles. The summed E-state index contributed by atoms with van der Waals surface area (Å²) in [5, 5.41) is 9.28. The number of aliphatic hydroxyl groups excluding tert-OH is 1. The summed E-state index contributed by atoms with van der Waals surface area (Å²) in [6.45, 7) is 0.659. The van der Waals surface area contributed by atoms with Crippen molar-refractivity contribution in [2.45, 2.75) is 18.9 Å². The number of oxazole rings is 1. The Morgan fingerprint density at radius 3 is 2.95 bits per heavy atom. The van der Waals surface area contributed by atoms with Crippen molar-refractivity contribution < 1.29 is 14.3 Å². The molecule has 5 nitrogen and oxygen atoms in total. The molecule has 0 radical (unpaired) electrons. The van der Waals surface area contributed by atoms with E-state index < -0.39 is 0 Å². The van der Waals surface area contributed by atoms with Gasteiger partial charge in [-0.1, -0.05) is 18.2 Å². The Balaban J connectivity index is 1.82. The van der Waals surface area contributed by atoms with Crippen molar-refractivity contribution >= 4 is 5.91 Å². The van der Waals surface area contributed by atoms with Crippen LogP contribution in [0.4, 0.5) is 0 Å². The first-order valence-electron chi connectivity index (χ1n) is 6.72. The van der Waals surface area contributed by atoms with Crippen molar-refractivity contribution in [1.82, 2.24) is 9.88 Å². The van der Waals surface area contributed by atoms with E-state index in [1.165, 1.54) is 6.26 Å². The van der Waals surface area contributed by atoms with E-state index in [1.54, 1.807) is 4.90 Å². The van der Waals surface area contributed by atoms with Crippen LogP contribution in [-0.4, -0.2) is 40.1 Å². The lowest BCUT2D eigenvalue weighted by Crippen LogP contribution is -2.37. The van der Waals surface area contributed by atoms with Crippen molar-refractivity contribution in [3.63, 3.8) is 0 Å². The van der Waals surface area contributed by atoms with Gasteiger partial charge in [0.2, 0.25) is 5.89 Å². The molecule has 1 aromatic carbocycles. The van der Waals surface area contributed by atoms with E-state index in [9.17, 15) is 9.90 Å².